The lowest BCUT2D eigenvalue weighted by Crippen LogP contribution is -2.21. The van der Waals surface area contributed by atoms with Crippen LogP contribution in [0.15, 0.2) is 41.2 Å². The molecule has 3 aromatic heterocycles. The Kier molecular flexibility index (Phi) is 4.82. The fraction of sp³-hybridized carbons (Fsp3) is 0.267. The van der Waals surface area contributed by atoms with E-state index in [9.17, 15) is 0 Å². The van der Waals surface area contributed by atoms with Crippen LogP contribution in [0.3, 0.4) is 0 Å². The number of hydrogen-bond donors (Lipinski definition) is 0. The van der Waals surface area contributed by atoms with Crippen molar-refractivity contribution in [2.75, 3.05) is 6.54 Å². The predicted molar refractivity (Wildman–Crippen MR) is 86.6 cm³/mol. The minimum absolute atomic E-state index is 0.568. The molecule has 0 bridgehead atoms. The van der Waals surface area contributed by atoms with Crippen molar-refractivity contribution in [1.29, 1.82) is 0 Å². The second-order valence-corrected chi connectivity index (χ2v) is 6.56. The van der Waals surface area contributed by atoms with E-state index in [1.54, 1.807) is 23.7 Å². The molecular formula is C15H15ClN4OS. The van der Waals surface area contributed by atoms with Crippen molar-refractivity contribution in [3.63, 3.8) is 0 Å². The first-order valence-corrected chi connectivity index (χ1v) is 8.13. The van der Waals surface area contributed by atoms with Crippen LogP contribution in [0.4, 0.5) is 0 Å². The van der Waals surface area contributed by atoms with Crippen molar-refractivity contribution in [1.82, 2.24) is 20.0 Å². The molecule has 0 amide bonds. The van der Waals surface area contributed by atoms with Crippen molar-refractivity contribution in [3.05, 3.63) is 51.8 Å². The summed E-state index contributed by atoms with van der Waals surface area (Å²) in [6.07, 6.45) is 3.44. The summed E-state index contributed by atoms with van der Waals surface area (Å²) in [5.41, 5.74) is 0.852. The highest BCUT2D eigenvalue weighted by molar-refractivity contribution is 7.16. The third-order valence-corrected chi connectivity index (χ3v) is 4.42. The highest BCUT2D eigenvalue weighted by atomic mass is 35.5. The summed E-state index contributed by atoms with van der Waals surface area (Å²) in [4.78, 5) is 11.9. The van der Waals surface area contributed by atoms with Crippen molar-refractivity contribution >= 4 is 22.9 Å². The van der Waals surface area contributed by atoms with Crippen LogP contribution in [-0.2, 0) is 13.1 Å². The van der Waals surface area contributed by atoms with Gasteiger partial charge in [-0.3, -0.25) is 9.88 Å². The molecule has 22 heavy (non-hydrogen) atoms. The second-order valence-electron chi connectivity index (χ2n) is 4.76. The maximum absolute atomic E-state index is 5.97. The zero-order chi connectivity index (χ0) is 15.4. The Bertz CT molecular complexity index is 728. The summed E-state index contributed by atoms with van der Waals surface area (Å²) < 4.78 is 6.15. The van der Waals surface area contributed by atoms with Crippen LogP contribution in [0.2, 0.25) is 4.34 Å². The Balaban J connectivity index is 1.68. The van der Waals surface area contributed by atoms with Gasteiger partial charge in [0.05, 0.1) is 10.9 Å². The highest BCUT2D eigenvalue weighted by Gasteiger charge is 2.13. The molecule has 0 aromatic carbocycles. The Morgan fingerprint density at radius 2 is 2.18 bits per heavy atom. The van der Waals surface area contributed by atoms with E-state index in [0.29, 0.717) is 18.3 Å². The lowest BCUT2D eigenvalue weighted by atomic mass is 10.3. The molecule has 0 saturated heterocycles. The van der Waals surface area contributed by atoms with Gasteiger partial charge in [0.1, 0.15) is 0 Å². The fourth-order valence-electron chi connectivity index (χ4n) is 2.06. The highest BCUT2D eigenvalue weighted by Crippen LogP contribution is 2.23. The minimum atomic E-state index is 0.568. The number of aromatic nitrogens is 3. The van der Waals surface area contributed by atoms with Gasteiger partial charge >= 0.3 is 0 Å². The van der Waals surface area contributed by atoms with Gasteiger partial charge in [0.15, 0.2) is 0 Å². The lowest BCUT2D eigenvalue weighted by molar-refractivity contribution is 0.230. The predicted octanol–water partition coefficient (Wildman–Crippen LogP) is 3.87. The number of thiophene rings is 1. The molecule has 3 rings (SSSR count). The van der Waals surface area contributed by atoms with Crippen LogP contribution < -0.4 is 0 Å². The Morgan fingerprint density at radius 3 is 2.86 bits per heavy atom. The van der Waals surface area contributed by atoms with Crippen molar-refractivity contribution in [3.8, 4) is 11.4 Å². The summed E-state index contributed by atoms with van der Waals surface area (Å²) in [5.74, 6) is 1.17. The molecule has 0 atom stereocenters. The van der Waals surface area contributed by atoms with Gasteiger partial charge in [-0.1, -0.05) is 23.7 Å². The van der Waals surface area contributed by atoms with Crippen LogP contribution in [-0.4, -0.2) is 26.6 Å². The Morgan fingerprint density at radius 1 is 1.27 bits per heavy atom. The second kappa shape index (κ2) is 7.00. The van der Waals surface area contributed by atoms with Gasteiger partial charge in [-0.25, -0.2) is 0 Å². The van der Waals surface area contributed by atoms with Crippen LogP contribution in [0.25, 0.3) is 11.4 Å². The monoisotopic (exact) mass is 334 g/mol. The van der Waals surface area contributed by atoms with Crippen molar-refractivity contribution < 1.29 is 4.52 Å². The number of nitrogens with zero attached hydrogens (tertiary/aromatic N) is 4. The van der Waals surface area contributed by atoms with Crippen LogP contribution >= 0.6 is 22.9 Å². The number of rotatable bonds is 6. The Labute approximate surface area is 137 Å². The molecule has 0 fully saturated rings. The van der Waals surface area contributed by atoms with E-state index in [1.807, 2.05) is 24.3 Å². The first-order valence-electron chi connectivity index (χ1n) is 6.94. The molecule has 0 aliphatic rings. The smallest absolute Gasteiger partial charge is 0.241 e. The molecular weight excluding hydrogens is 320 g/mol. The molecule has 0 spiro atoms. The molecule has 0 aliphatic carbocycles. The van der Waals surface area contributed by atoms with E-state index in [2.05, 4.69) is 26.9 Å². The number of pyridine rings is 1. The average molecular weight is 335 g/mol. The largest absolute Gasteiger partial charge is 0.338 e. The number of hydrogen-bond acceptors (Lipinski definition) is 6. The minimum Gasteiger partial charge on any atom is -0.338 e. The maximum atomic E-state index is 5.97. The molecule has 0 radical (unpaired) electrons. The van der Waals surface area contributed by atoms with Crippen molar-refractivity contribution in [2.24, 2.45) is 0 Å². The maximum Gasteiger partial charge on any atom is 0.241 e. The Hall–Kier alpha value is -1.76. The normalized spacial score (nSPS) is 11.2. The molecule has 5 nitrogen and oxygen atoms in total. The molecule has 3 aromatic rings. The zero-order valence-corrected chi connectivity index (χ0v) is 13.6. The first-order chi connectivity index (χ1) is 10.7. The SMILES string of the molecule is CCN(Cc1nc(-c2cccnc2)no1)Cc1ccc(Cl)s1. The summed E-state index contributed by atoms with van der Waals surface area (Å²) >= 11 is 7.56. The summed E-state index contributed by atoms with van der Waals surface area (Å²) in [6.45, 7) is 4.42. The first kappa shape index (κ1) is 15.1. The quantitative estimate of drug-likeness (QED) is 0.685. The van der Waals surface area contributed by atoms with E-state index in [-0.39, 0.29) is 0 Å². The molecule has 0 N–H and O–H groups in total. The van der Waals surface area contributed by atoms with Crippen LogP contribution in [0.5, 0.6) is 0 Å². The van der Waals surface area contributed by atoms with E-state index in [1.165, 1.54) is 4.88 Å². The molecule has 3 heterocycles. The van der Waals surface area contributed by atoms with Crippen LogP contribution in [0, 0.1) is 0 Å². The standard InChI is InChI=1S/C15H15ClN4OS/c1-2-20(9-12-5-6-13(16)22-12)10-14-18-15(19-21-14)11-4-3-7-17-8-11/h3-8H,2,9-10H2,1H3. The number of halogens is 1. The van der Waals surface area contributed by atoms with Crippen LogP contribution in [0.1, 0.15) is 17.7 Å². The van der Waals surface area contributed by atoms with Gasteiger partial charge in [0.2, 0.25) is 11.7 Å². The van der Waals surface area contributed by atoms with Gasteiger partial charge in [0, 0.05) is 29.4 Å². The van der Waals surface area contributed by atoms with Gasteiger partial charge in [-0.15, -0.1) is 11.3 Å². The van der Waals surface area contributed by atoms with E-state index in [4.69, 9.17) is 16.1 Å². The van der Waals surface area contributed by atoms with Gasteiger partial charge in [-0.2, -0.15) is 4.98 Å². The third-order valence-electron chi connectivity index (χ3n) is 3.20. The molecule has 0 unspecified atom stereocenters. The molecule has 0 aliphatic heterocycles. The molecule has 0 saturated carbocycles. The van der Waals surface area contributed by atoms with Gasteiger partial charge in [-0.05, 0) is 30.8 Å². The van der Waals surface area contributed by atoms with E-state index in [0.717, 1.165) is 23.0 Å². The van der Waals surface area contributed by atoms with E-state index >= 15 is 0 Å². The van der Waals surface area contributed by atoms with E-state index < -0.39 is 0 Å². The average Bonchev–Trinajstić information content (AvgIpc) is 3.17. The molecule has 114 valence electrons. The summed E-state index contributed by atoms with van der Waals surface area (Å²) in [7, 11) is 0. The fourth-order valence-corrected chi connectivity index (χ4v) is 3.19. The van der Waals surface area contributed by atoms with Gasteiger partial charge < -0.3 is 4.52 Å². The topological polar surface area (TPSA) is 55.1 Å². The lowest BCUT2D eigenvalue weighted by Gasteiger charge is -2.16. The molecule has 7 heteroatoms. The zero-order valence-electron chi connectivity index (χ0n) is 12.1. The van der Waals surface area contributed by atoms with Crippen molar-refractivity contribution in [2.45, 2.75) is 20.0 Å². The third kappa shape index (κ3) is 3.71. The van der Waals surface area contributed by atoms with Gasteiger partial charge in [0.25, 0.3) is 0 Å². The summed E-state index contributed by atoms with van der Waals surface area (Å²) in [5, 5.41) is 4.01. The summed E-state index contributed by atoms with van der Waals surface area (Å²) in [6, 6.07) is 7.73.